The van der Waals surface area contributed by atoms with Gasteiger partial charge in [0.2, 0.25) is 11.8 Å². The molecule has 1 aliphatic heterocycles. The molecule has 2 fully saturated rings. The molecule has 130 valence electrons. The molecule has 2 aliphatic rings. The number of rotatable bonds is 3. The number of hydrogen-bond acceptors (Lipinski definition) is 4. The van der Waals surface area contributed by atoms with Crippen LogP contribution in [-0.4, -0.2) is 40.3 Å². The van der Waals surface area contributed by atoms with E-state index in [1.54, 1.807) is 12.1 Å². The molecule has 0 spiro atoms. The van der Waals surface area contributed by atoms with Gasteiger partial charge in [-0.1, -0.05) is 24.4 Å². The largest absolute Gasteiger partial charge is 0.341 e. The predicted molar refractivity (Wildman–Crippen MR) is 92.6 cm³/mol. The van der Waals surface area contributed by atoms with Gasteiger partial charge in [0.25, 0.3) is 0 Å². The Morgan fingerprint density at radius 2 is 1.92 bits per heavy atom. The first-order valence-electron chi connectivity index (χ1n) is 8.49. The Bertz CT molecular complexity index is 606. The highest BCUT2D eigenvalue weighted by Crippen LogP contribution is 2.30. The maximum atomic E-state index is 12.6. The fourth-order valence-electron chi connectivity index (χ4n) is 3.56. The van der Waals surface area contributed by atoms with Gasteiger partial charge in [0, 0.05) is 25.2 Å². The summed E-state index contributed by atoms with van der Waals surface area (Å²) in [5, 5.41) is 3.34. The SMILES string of the molecule is NC1(C(=O)N2CCC(C(=O)Nc3ccc(Cl)cn3)CC2)CCCC1. The lowest BCUT2D eigenvalue weighted by Gasteiger charge is -2.36. The molecule has 0 aromatic carbocycles. The van der Waals surface area contributed by atoms with Crippen molar-refractivity contribution in [3.05, 3.63) is 23.4 Å². The third-order valence-corrected chi connectivity index (χ3v) is 5.28. The predicted octanol–water partition coefficient (Wildman–Crippen LogP) is 2.18. The fourth-order valence-corrected chi connectivity index (χ4v) is 3.67. The van der Waals surface area contributed by atoms with Gasteiger partial charge in [0.1, 0.15) is 5.82 Å². The van der Waals surface area contributed by atoms with Gasteiger partial charge in [-0.3, -0.25) is 9.59 Å². The molecule has 0 bridgehead atoms. The Morgan fingerprint density at radius 1 is 1.25 bits per heavy atom. The van der Waals surface area contributed by atoms with Crippen LogP contribution >= 0.6 is 11.6 Å². The van der Waals surface area contributed by atoms with E-state index in [9.17, 15) is 9.59 Å². The average Bonchev–Trinajstić information content (AvgIpc) is 3.04. The van der Waals surface area contributed by atoms with E-state index in [2.05, 4.69) is 10.3 Å². The number of halogens is 1. The van der Waals surface area contributed by atoms with E-state index in [-0.39, 0.29) is 17.7 Å². The zero-order valence-electron chi connectivity index (χ0n) is 13.6. The maximum absolute atomic E-state index is 12.6. The zero-order valence-corrected chi connectivity index (χ0v) is 14.4. The summed E-state index contributed by atoms with van der Waals surface area (Å²) < 4.78 is 0. The third-order valence-electron chi connectivity index (χ3n) is 5.05. The number of nitrogens with one attached hydrogen (secondary N) is 1. The molecule has 2 heterocycles. The Hall–Kier alpha value is -1.66. The normalized spacial score (nSPS) is 20.8. The minimum absolute atomic E-state index is 0.0539. The van der Waals surface area contributed by atoms with Crippen molar-refractivity contribution in [1.82, 2.24) is 9.88 Å². The van der Waals surface area contributed by atoms with E-state index in [1.807, 2.05) is 4.90 Å². The van der Waals surface area contributed by atoms with Crippen molar-refractivity contribution in [3.8, 4) is 0 Å². The molecule has 6 nitrogen and oxygen atoms in total. The number of nitrogens with zero attached hydrogens (tertiary/aromatic N) is 2. The molecular weight excluding hydrogens is 328 g/mol. The Balaban J connectivity index is 1.52. The van der Waals surface area contributed by atoms with Crippen molar-refractivity contribution >= 4 is 29.2 Å². The van der Waals surface area contributed by atoms with Crippen molar-refractivity contribution in [2.24, 2.45) is 11.7 Å². The Kier molecular flexibility index (Phi) is 5.06. The van der Waals surface area contributed by atoms with Crippen molar-refractivity contribution < 1.29 is 9.59 Å². The third kappa shape index (κ3) is 3.70. The molecule has 0 radical (unpaired) electrons. The van der Waals surface area contributed by atoms with Crippen LogP contribution in [0, 0.1) is 5.92 Å². The lowest BCUT2D eigenvalue weighted by atomic mass is 9.92. The second-order valence-electron chi connectivity index (χ2n) is 6.78. The lowest BCUT2D eigenvalue weighted by Crippen LogP contribution is -2.55. The lowest BCUT2D eigenvalue weighted by molar-refractivity contribution is -0.139. The number of carbonyl (C=O) groups excluding carboxylic acids is 2. The van der Waals surface area contributed by atoms with E-state index in [0.29, 0.717) is 36.8 Å². The number of amides is 2. The Morgan fingerprint density at radius 3 is 2.50 bits per heavy atom. The number of carbonyl (C=O) groups is 2. The van der Waals surface area contributed by atoms with E-state index in [0.717, 1.165) is 25.7 Å². The molecule has 1 aliphatic carbocycles. The molecule has 1 aromatic rings. The molecule has 2 amide bonds. The van der Waals surface area contributed by atoms with E-state index in [1.165, 1.54) is 6.20 Å². The molecular formula is C17H23ClN4O2. The van der Waals surface area contributed by atoms with Crippen LogP contribution in [0.15, 0.2) is 18.3 Å². The van der Waals surface area contributed by atoms with Crippen LogP contribution in [0.1, 0.15) is 38.5 Å². The first-order valence-corrected chi connectivity index (χ1v) is 8.86. The average molecular weight is 351 g/mol. The quantitative estimate of drug-likeness (QED) is 0.874. The molecule has 1 saturated carbocycles. The van der Waals surface area contributed by atoms with Crippen LogP contribution in [0.25, 0.3) is 0 Å². The minimum atomic E-state index is -0.678. The summed E-state index contributed by atoms with van der Waals surface area (Å²) in [6.07, 6.45) is 6.40. The van der Waals surface area contributed by atoms with Gasteiger partial charge in [-0.2, -0.15) is 0 Å². The van der Waals surface area contributed by atoms with Gasteiger partial charge in [-0.05, 0) is 37.8 Å². The van der Waals surface area contributed by atoms with Crippen molar-refractivity contribution in [1.29, 1.82) is 0 Å². The number of aromatic nitrogens is 1. The summed E-state index contributed by atoms with van der Waals surface area (Å²) in [5.74, 6) is 0.386. The highest BCUT2D eigenvalue weighted by Gasteiger charge is 2.41. The number of nitrogens with two attached hydrogens (primary N) is 1. The summed E-state index contributed by atoms with van der Waals surface area (Å²) in [7, 11) is 0. The topological polar surface area (TPSA) is 88.3 Å². The first-order chi connectivity index (χ1) is 11.5. The number of anilines is 1. The number of hydrogen-bond donors (Lipinski definition) is 2. The summed E-state index contributed by atoms with van der Waals surface area (Å²) in [6.45, 7) is 1.17. The summed E-state index contributed by atoms with van der Waals surface area (Å²) in [4.78, 5) is 30.8. The zero-order chi connectivity index (χ0) is 17.2. The van der Waals surface area contributed by atoms with Crippen LogP contribution in [-0.2, 0) is 9.59 Å². The van der Waals surface area contributed by atoms with Gasteiger partial charge < -0.3 is 16.0 Å². The molecule has 1 saturated heterocycles. The molecule has 3 N–H and O–H groups in total. The summed E-state index contributed by atoms with van der Waals surface area (Å²) >= 11 is 5.78. The standard InChI is InChI=1S/C17H23ClN4O2/c18-13-3-4-14(20-11-13)21-15(23)12-5-9-22(10-6-12)16(24)17(19)7-1-2-8-17/h3-4,11-12H,1-2,5-10,19H2,(H,20,21,23). The van der Waals surface area contributed by atoms with E-state index < -0.39 is 5.54 Å². The van der Waals surface area contributed by atoms with Crippen LogP contribution in [0.2, 0.25) is 5.02 Å². The second-order valence-corrected chi connectivity index (χ2v) is 7.22. The molecule has 0 atom stereocenters. The second kappa shape index (κ2) is 7.07. The number of piperidine rings is 1. The smallest absolute Gasteiger partial charge is 0.242 e. The van der Waals surface area contributed by atoms with Gasteiger partial charge in [-0.15, -0.1) is 0 Å². The van der Waals surface area contributed by atoms with Crippen molar-refractivity contribution in [2.45, 2.75) is 44.1 Å². The highest BCUT2D eigenvalue weighted by molar-refractivity contribution is 6.30. The first kappa shape index (κ1) is 17.2. The molecule has 7 heteroatoms. The van der Waals surface area contributed by atoms with Gasteiger partial charge in [-0.25, -0.2) is 4.98 Å². The summed E-state index contributed by atoms with van der Waals surface area (Å²) in [6, 6.07) is 3.37. The van der Waals surface area contributed by atoms with Crippen LogP contribution < -0.4 is 11.1 Å². The van der Waals surface area contributed by atoms with Crippen molar-refractivity contribution in [3.63, 3.8) is 0 Å². The molecule has 24 heavy (non-hydrogen) atoms. The molecule has 1 aromatic heterocycles. The summed E-state index contributed by atoms with van der Waals surface area (Å²) in [5.41, 5.74) is 5.57. The van der Waals surface area contributed by atoms with Gasteiger partial charge in [0.15, 0.2) is 0 Å². The van der Waals surface area contributed by atoms with Crippen LogP contribution in [0.4, 0.5) is 5.82 Å². The molecule has 3 rings (SSSR count). The van der Waals surface area contributed by atoms with Crippen molar-refractivity contribution in [2.75, 3.05) is 18.4 Å². The van der Waals surface area contributed by atoms with Crippen LogP contribution in [0.3, 0.4) is 0 Å². The minimum Gasteiger partial charge on any atom is -0.341 e. The monoisotopic (exact) mass is 350 g/mol. The highest BCUT2D eigenvalue weighted by atomic mass is 35.5. The number of likely N-dealkylation sites (tertiary alicyclic amines) is 1. The maximum Gasteiger partial charge on any atom is 0.242 e. The Labute approximate surface area is 146 Å². The van der Waals surface area contributed by atoms with E-state index in [4.69, 9.17) is 17.3 Å². The number of pyridine rings is 1. The molecule has 0 unspecified atom stereocenters. The van der Waals surface area contributed by atoms with E-state index >= 15 is 0 Å². The fraction of sp³-hybridized carbons (Fsp3) is 0.588. The van der Waals surface area contributed by atoms with Gasteiger partial charge in [0.05, 0.1) is 10.6 Å². The van der Waals surface area contributed by atoms with Crippen LogP contribution in [0.5, 0.6) is 0 Å². The van der Waals surface area contributed by atoms with Gasteiger partial charge >= 0.3 is 0 Å².